The first kappa shape index (κ1) is 6.33. The Morgan fingerprint density at radius 3 is 3.00 bits per heavy atom. The third kappa shape index (κ3) is 1.56. The predicted octanol–water partition coefficient (Wildman–Crippen LogP) is 1.13. The van der Waals surface area contributed by atoms with E-state index in [1.165, 1.54) is 0 Å². The molecular weight excluding hydrogens is 116 g/mol. The van der Waals surface area contributed by atoms with Crippen LogP contribution in [0.3, 0.4) is 0 Å². The predicted molar refractivity (Wildman–Crippen MR) is 33.9 cm³/mol. The van der Waals surface area contributed by atoms with E-state index in [-0.39, 0.29) is 5.92 Å². The van der Waals surface area contributed by atoms with Crippen LogP contribution in [-0.4, -0.2) is 12.9 Å². The Morgan fingerprint density at radius 1 is 1.78 bits per heavy atom. The lowest BCUT2D eigenvalue weighted by Gasteiger charge is -2.19. The van der Waals surface area contributed by atoms with Crippen molar-refractivity contribution in [3.05, 3.63) is 12.3 Å². The molecule has 1 rings (SSSR count). The Morgan fingerprint density at radius 2 is 2.56 bits per heavy atom. The second-order valence-electron chi connectivity index (χ2n) is 2.28. The number of ether oxygens (including phenoxy) is 1. The van der Waals surface area contributed by atoms with Crippen LogP contribution in [0, 0.1) is 5.92 Å². The van der Waals surface area contributed by atoms with E-state index in [9.17, 15) is 4.79 Å². The minimum Gasteiger partial charge on any atom is -0.499 e. The molecule has 2 nitrogen and oxygen atoms in total. The van der Waals surface area contributed by atoms with Gasteiger partial charge in [0, 0.05) is 12.3 Å². The van der Waals surface area contributed by atoms with Gasteiger partial charge in [-0.25, -0.2) is 0 Å². The number of hydrogen-bond donors (Lipinski definition) is 0. The molecule has 0 radical (unpaired) electrons. The first-order chi connectivity index (χ1) is 4.33. The number of hydrogen-bond acceptors (Lipinski definition) is 2. The molecule has 1 heterocycles. The maximum absolute atomic E-state index is 10.2. The lowest BCUT2D eigenvalue weighted by Crippen LogP contribution is -2.14. The molecule has 9 heavy (non-hydrogen) atoms. The number of carbonyl (C=O) groups excluding carboxylic acids is 1. The fourth-order valence-corrected chi connectivity index (χ4v) is 0.924. The summed E-state index contributed by atoms with van der Waals surface area (Å²) < 4.78 is 5.06. The smallest absolute Gasteiger partial charge is 0.123 e. The second kappa shape index (κ2) is 2.67. The van der Waals surface area contributed by atoms with Crippen LogP contribution < -0.4 is 0 Å². The average molecular weight is 126 g/mol. The Kier molecular flexibility index (Phi) is 1.88. The van der Waals surface area contributed by atoms with Crippen LogP contribution >= 0.6 is 0 Å². The van der Waals surface area contributed by atoms with Crippen molar-refractivity contribution in [2.75, 3.05) is 6.61 Å². The van der Waals surface area contributed by atoms with Crippen LogP contribution in [0.15, 0.2) is 12.3 Å². The van der Waals surface area contributed by atoms with Crippen molar-refractivity contribution < 1.29 is 9.53 Å². The molecule has 1 aliphatic heterocycles. The maximum Gasteiger partial charge on any atom is 0.123 e. The third-order valence-corrected chi connectivity index (χ3v) is 1.48. The summed E-state index contributed by atoms with van der Waals surface area (Å²) in [5, 5.41) is 0. The van der Waals surface area contributed by atoms with Crippen LogP contribution in [0.25, 0.3) is 0 Å². The van der Waals surface area contributed by atoms with Crippen molar-refractivity contribution in [3.8, 4) is 0 Å². The van der Waals surface area contributed by atoms with E-state index in [1.807, 2.05) is 0 Å². The first-order valence-electron chi connectivity index (χ1n) is 3.09. The molecule has 1 aliphatic rings. The molecule has 0 aromatic heterocycles. The first-order valence-corrected chi connectivity index (χ1v) is 3.09. The van der Waals surface area contributed by atoms with Gasteiger partial charge in [0.25, 0.3) is 0 Å². The molecule has 1 saturated heterocycles. The third-order valence-electron chi connectivity index (χ3n) is 1.48. The van der Waals surface area contributed by atoms with Gasteiger partial charge in [-0.15, -0.1) is 0 Å². The van der Waals surface area contributed by atoms with E-state index >= 15 is 0 Å². The summed E-state index contributed by atoms with van der Waals surface area (Å²) in [6, 6.07) is 0. The summed E-state index contributed by atoms with van der Waals surface area (Å²) in [6.07, 6.45) is 2.54. The van der Waals surface area contributed by atoms with Gasteiger partial charge in [-0.05, 0) is 6.42 Å². The maximum atomic E-state index is 10.2. The van der Waals surface area contributed by atoms with Gasteiger partial charge in [-0.3, -0.25) is 0 Å². The van der Waals surface area contributed by atoms with Gasteiger partial charge in [-0.2, -0.15) is 0 Å². The molecule has 0 bridgehead atoms. The van der Waals surface area contributed by atoms with E-state index in [0.717, 1.165) is 18.5 Å². The summed E-state index contributed by atoms with van der Waals surface area (Å²) in [5.74, 6) is 0.907. The zero-order valence-corrected chi connectivity index (χ0v) is 5.30. The van der Waals surface area contributed by atoms with Crippen molar-refractivity contribution in [3.63, 3.8) is 0 Å². The van der Waals surface area contributed by atoms with Gasteiger partial charge < -0.3 is 9.53 Å². The summed E-state index contributed by atoms with van der Waals surface area (Å²) in [5.41, 5.74) is 0. The van der Waals surface area contributed by atoms with Crippen molar-refractivity contribution in [1.29, 1.82) is 0 Å². The average Bonchev–Trinajstić information content (AvgIpc) is 1.88. The largest absolute Gasteiger partial charge is 0.499 e. The molecule has 1 fully saturated rings. The fourth-order valence-electron chi connectivity index (χ4n) is 0.924. The summed E-state index contributed by atoms with van der Waals surface area (Å²) in [6.45, 7) is 4.29. The molecule has 0 aromatic rings. The van der Waals surface area contributed by atoms with Gasteiger partial charge in [0.05, 0.1) is 12.4 Å². The number of allylic oxidation sites excluding steroid dienone is 1. The minimum absolute atomic E-state index is 0.159. The van der Waals surface area contributed by atoms with Gasteiger partial charge >= 0.3 is 0 Å². The molecule has 2 heteroatoms. The van der Waals surface area contributed by atoms with E-state index in [0.29, 0.717) is 13.0 Å². The fraction of sp³-hybridized carbons (Fsp3) is 0.571. The number of rotatable bonds is 1. The monoisotopic (exact) mass is 126 g/mol. The van der Waals surface area contributed by atoms with E-state index in [4.69, 9.17) is 4.74 Å². The SMILES string of the molecule is C=C1CC(C=O)CCO1. The lowest BCUT2D eigenvalue weighted by atomic mass is 10.0. The zero-order chi connectivity index (χ0) is 6.69. The van der Waals surface area contributed by atoms with Crippen molar-refractivity contribution in [1.82, 2.24) is 0 Å². The molecule has 0 N–H and O–H groups in total. The highest BCUT2D eigenvalue weighted by atomic mass is 16.5. The number of carbonyl (C=O) groups is 1. The van der Waals surface area contributed by atoms with Crippen LogP contribution in [0.2, 0.25) is 0 Å². The summed E-state index contributed by atoms with van der Waals surface area (Å²) in [4.78, 5) is 10.2. The van der Waals surface area contributed by atoms with Crippen molar-refractivity contribution in [2.45, 2.75) is 12.8 Å². The topological polar surface area (TPSA) is 26.3 Å². The van der Waals surface area contributed by atoms with Gasteiger partial charge in [0.1, 0.15) is 6.29 Å². The highest BCUT2D eigenvalue weighted by molar-refractivity contribution is 5.54. The standard InChI is InChI=1S/C7H10O2/c1-6-4-7(5-8)2-3-9-6/h5,7H,1-4H2. The molecule has 50 valence electrons. The van der Waals surface area contributed by atoms with Gasteiger partial charge in [-0.1, -0.05) is 6.58 Å². The van der Waals surface area contributed by atoms with Crippen LogP contribution in [0.5, 0.6) is 0 Å². The normalized spacial score (nSPS) is 27.1. The Labute approximate surface area is 54.5 Å². The van der Waals surface area contributed by atoms with E-state index < -0.39 is 0 Å². The van der Waals surface area contributed by atoms with Crippen LogP contribution in [0.1, 0.15) is 12.8 Å². The van der Waals surface area contributed by atoms with Gasteiger partial charge in [0.15, 0.2) is 0 Å². The minimum atomic E-state index is 0.159. The quantitative estimate of drug-likeness (QED) is 0.492. The molecule has 1 unspecified atom stereocenters. The summed E-state index contributed by atoms with van der Waals surface area (Å²) in [7, 11) is 0. The Hall–Kier alpha value is -0.790. The molecular formula is C7H10O2. The van der Waals surface area contributed by atoms with Crippen molar-refractivity contribution >= 4 is 6.29 Å². The van der Waals surface area contributed by atoms with E-state index in [1.54, 1.807) is 0 Å². The molecule has 1 atom stereocenters. The molecule has 0 amide bonds. The molecule has 0 aromatic carbocycles. The van der Waals surface area contributed by atoms with E-state index in [2.05, 4.69) is 6.58 Å². The van der Waals surface area contributed by atoms with Crippen molar-refractivity contribution in [2.24, 2.45) is 5.92 Å². The highest BCUT2D eigenvalue weighted by Crippen LogP contribution is 2.18. The molecule has 0 saturated carbocycles. The molecule has 0 spiro atoms. The Bertz CT molecular complexity index is 129. The molecule has 0 aliphatic carbocycles. The van der Waals surface area contributed by atoms with Crippen LogP contribution in [0.4, 0.5) is 0 Å². The summed E-state index contributed by atoms with van der Waals surface area (Å²) >= 11 is 0. The van der Waals surface area contributed by atoms with Gasteiger partial charge in [0.2, 0.25) is 0 Å². The zero-order valence-electron chi connectivity index (χ0n) is 5.30. The lowest BCUT2D eigenvalue weighted by molar-refractivity contribution is -0.112. The highest BCUT2D eigenvalue weighted by Gasteiger charge is 2.14. The number of aldehydes is 1. The Balaban J connectivity index is 2.40. The second-order valence-corrected chi connectivity index (χ2v) is 2.28. The van der Waals surface area contributed by atoms with Crippen LogP contribution in [-0.2, 0) is 9.53 Å².